The van der Waals surface area contributed by atoms with Gasteiger partial charge in [-0.25, -0.2) is 9.18 Å². The first-order valence-corrected chi connectivity index (χ1v) is 9.65. The molecule has 5 nitrogen and oxygen atoms in total. The van der Waals surface area contributed by atoms with Gasteiger partial charge >= 0.3 is 6.09 Å². The summed E-state index contributed by atoms with van der Waals surface area (Å²) in [4.78, 5) is 13.7. The van der Waals surface area contributed by atoms with E-state index in [1.165, 1.54) is 6.07 Å². The number of benzene rings is 2. The van der Waals surface area contributed by atoms with Gasteiger partial charge in [0.15, 0.2) is 0 Å². The molecular weight excluding hydrogens is 359 g/mol. The van der Waals surface area contributed by atoms with Crippen molar-refractivity contribution in [3.63, 3.8) is 0 Å². The van der Waals surface area contributed by atoms with Gasteiger partial charge in [0.05, 0.1) is 12.5 Å². The highest BCUT2D eigenvalue weighted by Crippen LogP contribution is 2.36. The molecule has 2 aliphatic rings. The summed E-state index contributed by atoms with van der Waals surface area (Å²) in [6.07, 6.45) is 0.793. The minimum atomic E-state index is -0.424. The Balaban J connectivity index is 1.62. The van der Waals surface area contributed by atoms with Crippen LogP contribution >= 0.6 is 0 Å². The maximum Gasteiger partial charge on any atom is 0.407 e. The maximum absolute atomic E-state index is 14.7. The predicted octanol–water partition coefficient (Wildman–Crippen LogP) is 3.50. The molecule has 1 spiro atoms. The second-order valence-corrected chi connectivity index (χ2v) is 7.50. The molecule has 0 saturated carbocycles. The van der Waals surface area contributed by atoms with Crippen molar-refractivity contribution in [3.8, 4) is 0 Å². The zero-order valence-corrected chi connectivity index (χ0v) is 15.9. The summed E-state index contributed by atoms with van der Waals surface area (Å²) in [5.41, 5.74) is 1.20. The Hall–Kier alpha value is -2.44. The molecule has 0 radical (unpaired) electrons. The van der Waals surface area contributed by atoms with Gasteiger partial charge < -0.3 is 14.8 Å². The standard InChI is InChI=1S/C22H25FN2O3/c1-27-20(25-13-11-22(12-14-25)15-24-21(26)28-22)19(16-7-3-2-4-8-16)17-9-5-6-10-18(17)23/h2-10,19-20H,11-15H2,1H3,(H,24,26). The van der Waals surface area contributed by atoms with Crippen LogP contribution in [0.5, 0.6) is 0 Å². The molecule has 2 atom stereocenters. The van der Waals surface area contributed by atoms with Gasteiger partial charge in [-0.1, -0.05) is 48.5 Å². The van der Waals surface area contributed by atoms with Gasteiger partial charge in [0, 0.05) is 33.0 Å². The Bertz CT molecular complexity index is 822. The first-order chi connectivity index (χ1) is 13.6. The van der Waals surface area contributed by atoms with E-state index in [1.807, 2.05) is 42.5 Å². The molecule has 6 heteroatoms. The molecule has 2 aromatic carbocycles. The molecule has 4 rings (SSSR count). The predicted molar refractivity (Wildman–Crippen MR) is 104 cm³/mol. The lowest BCUT2D eigenvalue weighted by Gasteiger charge is -2.43. The Morgan fingerprint density at radius 3 is 2.39 bits per heavy atom. The molecule has 148 valence electrons. The van der Waals surface area contributed by atoms with Crippen LogP contribution in [0.15, 0.2) is 54.6 Å². The number of hydrogen-bond acceptors (Lipinski definition) is 4. The quantitative estimate of drug-likeness (QED) is 0.857. The van der Waals surface area contributed by atoms with Crippen molar-refractivity contribution in [1.82, 2.24) is 10.2 Å². The largest absolute Gasteiger partial charge is 0.441 e. The molecular formula is C22H25FN2O3. The van der Waals surface area contributed by atoms with Crippen molar-refractivity contribution in [2.75, 3.05) is 26.7 Å². The second kappa shape index (κ2) is 7.89. The monoisotopic (exact) mass is 384 g/mol. The number of carbonyl (C=O) groups excluding carboxylic acids is 1. The fraction of sp³-hybridized carbons (Fsp3) is 0.409. The zero-order chi connectivity index (χ0) is 19.6. The van der Waals surface area contributed by atoms with Gasteiger partial charge in [-0.05, 0) is 17.2 Å². The molecule has 1 amide bonds. The number of nitrogens with one attached hydrogen (secondary N) is 1. The van der Waals surface area contributed by atoms with E-state index in [1.54, 1.807) is 13.2 Å². The molecule has 0 aromatic heterocycles. The maximum atomic E-state index is 14.7. The van der Waals surface area contributed by atoms with Gasteiger partial charge in [-0.2, -0.15) is 0 Å². The normalized spacial score (nSPS) is 21.1. The van der Waals surface area contributed by atoms with Crippen molar-refractivity contribution >= 4 is 6.09 Å². The highest BCUT2D eigenvalue weighted by atomic mass is 19.1. The van der Waals surface area contributed by atoms with E-state index in [-0.39, 0.29) is 24.1 Å². The summed E-state index contributed by atoms with van der Waals surface area (Å²) >= 11 is 0. The van der Waals surface area contributed by atoms with E-state index in [0.29, 0.717) is 25.2 Å². The number of piperidine rings is 1. The Labute approximate surface area is 164 Å². The number of rotatable bonds is 5. The molecule has 0 aliphatic carbocycles. The summed E-state index contributed by atoms with van der Waals surface area (Å²) in [7, 11) is 1.67. The van der Waals surface area contributed by atoms with Crippen LogP contribution in [0.25, 0.3) is 0 Å². The van der Waals surface area contributed by atoms with Crippen LogP contribution < -0.4 is 5.32 Å². The summed E-state index contributed by atoms with van der Waals surface area (Å²) in [5.74, 6) is -0.494. The fourth-order valence-corrected chi connectivity index (χ4v) is 4.35. The highest BCUT2D eigenvalue weighted by Gasteiger charge is 2.45. The van der Waals surface area contributed by atoms with Crippen LogP contribution in [-0.2, 0) is 9.47 Å². The molecule has 2 unspecified atom stereocenters. The fourth-order valence-electron chi connectivity index (χ4n) is 4.35. The highest BCUT2D eigenvalue weighted by molar-refractivity contribution is 5.70. The van der Waals surface area contributed by atoms with Crippen LogP contribution in [-0.4, -0.2) is 49.6 Å². The van der Waals surface area contributed by atoms with Crippen molar-refractivity contribution in [2.45, 2.75) is 30.6 Å². The number of halogens is 1. The van der Waals surface area contributed by atoms with Crippen LogP contribution in [0.4, 0.5) is 9.18 Å². The first-order valence-electron chi connectivity index (χ1n) is 9.65. The Morgan fingerprint density at radius 2 is 1.79 bits per heavy atom. The first kappa shape index (κ1) is 18.9. The van der Waals surface area contributed by atoms with Gasteiger partial charge in [0.1, 0.15) is 17.6 Å². The van der Waals surface area contributed by atoms with Crippen LogP contribution in [0.1, 0.15) is 29.9 Å². The van der Waals surface area contributed by atoms with Crippen LogP contribution in [0.2, 0.25) is 0 Å². The molecule has 2 aromatic rings. The smallest absolute Gasteiger partial charge is 0.407 e. The number of amides is 1. The van der Waals surface area contributed by atoms with Crippen LogP contribution in [0.3, 0.4) is 0 Å². The van der Waals surface area contributed by atoms with E-state index in [4.69, 9.17) is 9.47 Å². The second-order valence-electron chi connectivity index (χ2n) is 7.50. The van der Waals surface area contributed by atoms with Gasteiger partial charge in [-0.15, -0.1) is 0 Å². The lowest BCUT2D eigenvalue weighted by molar-refractivity contribution is -0.0850. The summed E-state index contributed by atoms with van der Waals surface area (Å²) in [5, 5.41) is 2.76. The van der Waals surface area contributed by atoms with Gasteiger partial charge in [0.2, 0.25) is 0 Å². The number of likely N-dealkylation sites (tertiary alicyclic amines) is 1. The Kier molecular flexibility index (Phi) is 5.33. The van der Waals surface area contributed by atoms with E-state index >= 15 is 0 Å². The van der Waals surface area contributed by atoms with E-state index in [9.17, 15) is 9.18 Å². The van der Waals surface area contributed by atoms with E-state index in [0.717, 1.165) is 18.4 Å². The number of methoxy groups -OCH3 is 1. The summed E-state index contributed by atoms with van der Waals surface area (Å²) in [6.45, 7) is 1.98. The summed E-state index contributed by atoms with van der Waals surface area (Å²) in [6, 6.07) is 16.8. The van der Waals surface area contributed by atoms with Gasteiger partial charge in [-0.3, -0.25) is 4.90 Å². The molecule has 2 aliphatic heterocycles. The third kappa shape index (κ3) is 3.62. The minimum absolute atomic E-state index is 0.235. The Morgan fingerprint density at radius 1 is 1.11 bits per heavy atom. The van der Waals surface area contributed by atoms with Crippen molar-refractivity contribution < 1.29 is 18.7 Å². The number of hydrogen-bond donors (Lipinski definition) is 1. The lowest BCUT2D eigenvalue weighted by atomic mass is 9.86. The van der Waals surface area contributed by atoms with Crippen molar-refractivity contribution in [3.05, 3.63) is 71.5 Å². The molecule has 0 bridgehead atoms. The number of ether oxygens (including phenoxy) is 2. The lowest BCUT2D eigenvalue weighted by Crippen LogP contribution is -2.52. The average molecular weight is 384 g/mol. The zero-order valence-electron chi connectivity index (χ0n) is 15.9. The topological polar surface area (TPSA) is 50.8 Å². The van der Waals surface area contributed by atoms with E-state index in [2.05, 4.69) is 10.2 Å². The minimum Gasteiger partial charge on any atom is -0.441 e. The van der Waals surface area contributed by atoms with Crippen LogP contribution in [0, 0.1) is 5.82 Å². The SMILES string of the molecule is COC(C(c1ccccc1)c1ccccc1F)N1CCC2(CC1)CNC(=O)O2. The number of nitrogens with zero attached hydrogens (tertiary/aromatic N) is 1. The third-order valence-corrected chi connectivity index (χ3v) is 5.86. The third-order valence-electron chi connectivity index (χ3n) is 5.86. The van der Waals surface area contributed by atoms with E-state index < -0.39 is 5.60 Å². The molecule has 1 N–H and O–H groups in total. The average Bonchev–Trinajstić information content (AvgIpc) is 3.08. The van der Waals surface area contributed by atoms with Crippen molar-refractivity contribution in [2.24, 2.45) is 0 Å². The van der Waals surface area contributed by atoms with Crippen molar-refractivity contribution in [1.29, 1.82) is 0 Å². The molecule has 2 fully saturated rings. The summed E-state index contributed by atoms with van der Waals surface area (Å²) < 4.78 is 26.2. The number of alkyl carbamates (subject to hydrolysis) is 1. The molecule has 2 saturated heterocycles. The molecule has 2 heterocycles. The number of carbonyl (C=O) groups is 1. The van der Waals surface area contributed by atoms with Gasteiger partial charge in [0.25, 0.3) is 0 Å². The molecule has 28 heavy (non-hydrogen) atoms.